The first-order chi connectivity index (χ1) is 11.7. The molecule has 142 valence electrons. The zero-order valence-electron chi connectivity index (χ0n) is 13.0. The average Bonchev–Trinajstić information content (AvgIpc) is 2.83. The van der Waals surface area contributed by atoms with E-state index in [2.05, 4.69) is 4.98 Å². The third kappa shape index (κ3) is 3.69. The Hall–Kier alpha value is -2.50. The minimum Gasteiger partial charge on any atom is -0.446 e. The number of carbonyl (C=O) groups excluding carboxylic acids is 1. The molecule has 0 aliphatic rings. The highest BCUT2D eigenvalue weighted by Crippen LogP contribution is 2.40. The van der Waals surface area contributed by atoms with Crippen molar-refractivity contribution in [1.29, 1.82) is 0 Å². The molecule has 1 aromatic heterocycles. The van der Waals surface area contributed by atoms with Crippen LogP contribution in [0.1, 0.15) is 25.2 Å². The van der Waals surface area contributed by atoms with Crippen LogP contribution in [0.2, 0.25) is 0 Å². The van der Waals surface area contributed by atoms with Crippen LogP contribution >= 0.6 is 11.6 Å². The molecule has 0 fully saturated rings. The number of non-ortho nitro benzene ring substituents is 1. The lowest BCUT2D eigenvalue weighted by Crippen LogP contribution is -2.24. The predicted molar refractivity (Wildman–Crippen MR) is 78.2 cm³/mol. The molecule has 0 aliphatic heterocycles. The number of hydrogen-bond donors (Lipinski definition) is 0. The summed E-state index contributed by atoms with van der Waals surface area (Å²) in [5.74, 6) is -1.50. The molecule has 0 amide bonds. The Morgan fingerprint density at radius 2 is 1.88 bits per heavy atom. The number of ether oxygens (including phenoxy) is 1. The van der Waals surface area contributed by atoms with E-state index in [-0.39, 0.29) is 16.7 Å². The first kappa shape index (κ1) is 19.8. The Labute approximate surface area is 146 Å². The third-order valence-corrected chi connectivity index (χ3v) is 3.21. The number of aromatic nitrogens is 2. The molecule has 2 rings (SSSR count). The lowest BCUT2D eigenvalue weighted by Gasteiger charge is -2.13. The molecule has 0 unspecified atom stereocenters. The van der Waals surface area contributed by atoms with Crippen LogP contribution in [-0.2, 0) is 16.3 Å². The van der Waals surface area contributed by atoms with Gasteiger partial charge in [0.15, 0.2) is 5.52 Å². The maximum Gasteiger partial charge on any atom is 0.420 e. The first-order valence-corrected chi connectivity index (χ1v) is 7.17. The van der Waals surface area contributed by atoms with Crippen LogP contribution in [0.15, 0.2) is 12.1 Å². The van der Waals surface area contributed by atoms with Crippen LogP contribution in [0.4, 0.5) is 32.4 Å². The normalized spacial score (nSPS) is 12.7. The SMILES string of the molecule is CC(C)OC(=O)n1c(C(F)(F)Cl)nc2c([N+](=O)[O-])cc(C(F)(F)F)cc21. The van der Waals surface area contributed by atoms with Crippen molar-refractivity contribution in [2.45, 2.75) is 31.5 Å². The Bertz CT molecular complexity index is 889. The maximum absolute atomic E-state index is 13.6. The number of imidazole rings is 1. The number of nitro benzene ring substituents is 1. The van der Waals surface area contributed by atoms with Crippen molar-refractivity contribution in [3.63, 3.8) is 0 Å². The van der Waals surface area contributed by atoms with Gasteiger partial charge in [-0.15, -0.1) is 0 Å². The second kappa shape index (κ2) is 6.34. The summed E-state index contributed by atoms with van der Waals surface area (Å²) in [6, 6.07) is 0.409. The summed E-state index contributed by atoms with van der Waals surface area (Å²) in [5.41, 5.74) is -4.49. The molecule has 0 atom stereocenters. The third-order valence-electron chi connectivity index (χ3n) is 3.04. The Balaban J connectivity index is 2.95. The Morgan fingerprint density at radius 1 is 1.31 bits per heavy atom. The van der Waals surface area contributed by atoms with Gasteiger partial charge in [-0.1, -0.05) is 0 Å². The van der Waals surface area contributed by atoms with Gasteiger partial charge in [0.25, 0.3) is 5.69 Å². The maximum atomic E-state index is 13.6. The fourth-order valence-electron chi connectivity index (χ4n) is 2.09. The molecule has 0 spiro atoms. The summed E-state index contributed by atoms with van der Waals surface area (Å²) < 4.78 is 70.9. The highest BCUT2D eigenvalue weighted by atomic mass is 35.5. The number of alkyl halides is 6. The monoisotopic (exact) mass is 401 g/mol. The number of fused-ring (bicyclic) bond motifs is 1. The lowest BCUT2D eigenvalue weighted by molar-refractivity contribution is -0.383. The molecular weight excluding hydrogens is 393 g/mol. The van der Waals surface area contributed by atoms with Crippen molar-refractivity contribution in [3.05, 3.63) is 33.6 Å². The van der Waals surface area contributed by atoms with Crippen LogP contribution in [0, 0.1) is 10.1 Å². The molecule has 7 nitrogen and oxygen atoms in total. The lowest BCUT2D eigenvalue weighted by atomic mass is 10.1. The van der Waals surface area contributed by atoms with Crippen molar-refractivity contribution in [2.75, 3.05) is 0 Å². The van der Waals surface area contributed by atoms with E-state index in [1.807, 2.05) is 0 Å². The standard InChI is InChI=1S/C13H9ClF5N3O4/c1-5(2)26-11(23)21-7-3-6(13(17,18)19)4-8(22(24)25)9(7)20-10(21)12(14,15)16/h3-5H,1-2H3. The van der Waals surface area contributed by atoms with Gasteiger partial charge in [-0.25, -0.2) is 14.3 Å². The van der Waals surface area contributed by atoms with Crippen LogP contribution in [0.5, 0.6) is 0 Å². The van der Waals surface area contributed by atoms with E-state index in [0.29, 0.717) is 0 Å². The average molecular weight is 402 g/mol. The quantitative estimate of drug-likeness (QED) is 0.323. The number of nitrogens with zero attached hydrogens (tertiary/aromatic N) is 3. The second-order valence-electron chi connectivity index (χ2n) is 5.32. The molecule has 13 heteroatoms. The van der Waals surface area contributed by atoms with Crippen molar-refractivity contribution in [1.82, 2.24) is 9.55 Å². The summed E-state index contributed by atoms with van der Waals surface area (Å²) in [7, 11) is 0. The minimum absolute atomic E-state index is 0.00935. The van der Waals surface area contributed by atoms with E-state index >= 15 is 0 Å². The number of nitro groups is 1. The summed E-state index contributed by atoms with van der Waals surface area (Å²) in [5, 5.41) is 6.76. The molecule has 0 radical (unpaired) electrons. The predicted octanol–water partition coefficient (Wildman–Crippen LogP) is 4.64. The molecule has 0 saturated heterocycles. The zero-order chi connectivity index (χ0) is 20.0. The minimum atomic E-state index is -5.04. The Kier molecular flexibility index (Phi) is 4.83. The van der Waals surface area contributed by atoms with Gasteiger partial charge >= 0.3 is 17.7 Å². The Morgan fingerprint density at radius 3 is 2.31 bits per heavy atom. The summed E-state index contributed by atoms with van der Waals surface area (Å²) in [6.07, 6.45) is -7.37. The fourth-order valence-corrected chi connectivity index (χ4v) is 2.22. The van der Waals surface area contributed by atoms with E-state index in [0.717, 1.165) is 0 Å². The van der Waals surface area contributed by atoms with Crippen LogP contribution in [0.3, 0.4) is 0 Å². The van der Waals surface area contributed by atoms with Crippen molar-refractivity contribution in [3.8, 4) is 0 Å². The fraction of sp³-hybridized carbons (Fsp3) is 0.385. The molecule has 0 bridgehead atoms. The van der Waals surface area contributed by atoms with Gasteiger partial charge < -0.3 is 4.74 Å². The summed E-state index contributed by atoms with van der Waals surface area (Å²) in [4.78, 5) is 25.2. The van der Waals surface area contributed by atoms with E-state index in [4.69, 9.17) is 16.3 Å². The topological polar surface area (TPSA) is 87.3 Å². The van der Waals surface area contributed by atoms with Gasteiger partial charge in [0, 0.05) is 6.07 Å². The molecule has 0 saturated carbocycles. The molecule has 0 N–H and O–H groups in total. The highest BCUT2D eigenvalue weighted by molar-refractivity contribution is 6.21. The van der Waals surface area contributed by atoms with Gasteiger partial charge in [0.2, 0.25) is 5.82 Å². The number of carbonyl (C=O) groups is 1. The van der Waals surface area contributed by atoms with Crippen molar-refractivity contribution in [2.24, 2.45) is 0 Å². The highest BCUT2D eigenvalue weighted by Gasteiger charge is 2.41. The van der Waals surface area contributed by atoms with Crippen molar-refractivity contribution < 1.29 is 36.4 Å². The molecule has 1 heterocycles. The van der Waals surface area contributed by atoms with Gasteiger partial charge in [0.05, 0.1) is 22.1 Å². The summed E-state index contributed by atoms with van der Waals surface area (Å²) >= 11 is 4.86. The number of benzene rings is 1. The first-order valence-electron chi connectivity index (χ1n) is 6.79. The number of hydrogen-bond acceptors (Lipinski definition) is 5. The molecule has 1 aromatic carbocycles. The van der Waals surface area contributed by atoms with E-state index in [9.17, 15) is 36.9 Å². The smallest absolute Gasteiger partial charge is 0.420 e. The van der Waals surface area contributed by atoms with Gasteiger partial charge in [0.1, 0.15) is 0 Å². The van der Waals surface area contributed by atoms with Crippen molar-refractivity contribution >= 4 is 34.4 Å². The zero-order valence-corrected chi connectivity index (χ0v) is 13.7. The van der Waals surface area contributed by atoms with E-state index < -0.39 is 56.8 Å². The van der Waals surface area contributed by atoms with E-state index in [1.54, 1.807) is 0 Å². The second-order valence-corrected chi connectivity index (χ2v) is 5.79. The van der Waals surface area contributed by atoms with Crippen LogP contribution < -0.4 is 0 Å². The van der Waals surface area contributed by atoms with E-state index in [1.165, 1.54) is 13.8 Å². The molecule has 0 aliphatic carbocycles. The molecular formula is C13H9ClF5N3O4. The number of halogens is 6. The van der Waals surface area contributed by atoms with Gasteiger partial charge in [-0.3, -0.25) is 10.1 Å². The van der Waals surface area contributed by atoms with Gasteiger partial charge in [-0.2, -0.15) is 22.0 Å². The van der Waals surface area contributed by atoms with Crippen LogP contribution in [-0.4, -0.2) is 26.7 Å². The molecule has 2 aromatic rings. The summed E-state index contributed by atoms with van der Waals surface area (Å²) in [6.45, 7) is 2.72. The van der Waals surface area contributed by atoms with Crippen LogP contribution in [0.25, 0.3) is 11.0 Å². The van der Waals surface area contributed by atoms with Gasteiger partial charge in [-0.05, 0) is 31.5 Å². The largest absolute Gasteiger partial charge is 0.446 e. The number of rotatable bonds is 3. The molecule has 26 heavy (non-hydrogen) atoms.